The number of aromatic nitrogens is 1. The van der Waals surface area contributed by atoms with E-state index < -0.39 is 6.23 Å². The van der Waals surface area contributed by atoms with Gasteiger partial charge in [-0.25, -0.2) is 4.84 Å². The summed E-state index contributed by atoms with van der Waals surface area (Å²) in [6.07, 6.45) is 2.41. The smallest absolute Gasteiger partial charge is 0.255 e. The van der Waals surface area contributed by atoms with E-state index in [0.29, 0.717) is 28.0 Å². The third-order valence-electron chi connectivity index (χ3n) is 4.71. The average molecular weight is 385 g/mol. The fourth-order valence-corrected chi connectivity index (χ4v) is 3.21. The molecule has 0 aliphatic carbocycles. The van der Waals surface area contributed by atoms with Gasteiger partial charge in [0.15, 0.2) is 12.0 Å². The summed E-state index contributed by atoms with van der Waals surface area (Å²) in [7, 11) is 1.62. The summed E-state index contributed by atoms with van der Waals surface area (Å²) in [5, 5.41) is 0. The second kappa shape index (κ2) is 8.08. The fraction of sp³-hybridized carbons (Fsp3) is 0.0870. The van der Waals surface area contributed by atoms with E-state index in [4.69, 9.17) is 4.84 Å². The van der Waals surface area contributed by atoms with Gasteiger partial charge in [-0.1, -0.05) is 48.5 Å². The van der Waals surface area contributed by atoms with Crippen molar-refractivity contribution in [1.82, 2.24) is 15.4 Å². The van der Waals surface area contributed by atoms with E-state index in [9.17, 15) is 9.59 Å². The molecule has 1 unspecified atom stereocenters. The molecule has 29 heavy (non-hydrogen) atoms. The van der Waals surface area contributed by atoms with Crippen LogP contribution in [0.4, 0.5) is 0 Å². The van der Waals surface area contributed by atoms with Crippen LogP contribution in [0.3, 0.4) is 0 Å². The minimum Gasteiger partial charge on any atom is -0.310 e. The number of pyridine rings is 1. The normalized spacial score (nSPS) is 15.7. The Morgan fingerprint density at radius 3 is 2.21 bits per heavy atom. The highest BCUT2D eigenvalue weighted by Crippen LogP contribution is 2.30. The van der Waals surface area contributed by atoms with Gasteiger partial charge < -0.3 is 4.90 Å². The zero-order chi connectivity index (χ0) is 20.2. The molecule has 0 saturated carbocycles. The topological polar surface area (TPSA) is 71.5 Å². The van der Waals surface area contributed by atoms with Crippen molar-refractivity contribution in [3.05, 3.63) is 107 Å². The Morgan fingerprint density at radius 2 is 1.59 bits per heavy atom. The third kappa shape index (κ3) is 3.66. The molecular formula is C23H19N3O3. The Bertz CT molecular complexity index is 1050. The molecule has 3 aromatic rings. The standard InChI is InChI=1S/C23H19N3O3/c1-26(22(28)17-11-6-3-7-12-17)23-19(21(27)16-9-4-2-5-10-16)20(25-29-23)18-13-8-14-24-15-18/h2-15,23,25H,1H3. The number of rotatable bonds is 5. The minimum absolute atomic E-state index is 0.216. The van der Waals surface area contributed by atoms with Crippen molar-refractivity contribution in [3.8, 4) is 0 Å². The number of nitrogens with one attached hydrogen (secondary N) is 1. The van der Waals surface area contributed by atoms with Crippen molar-refractivity contribution in [3.63, 3.8) is 0 Å². The fourth-order valence-electron chi connectivity index (χ4n) is 3.21. The lowest BCUT2D eigenvalue weighted by Gasteiger charge is -2.24. The first-order valence-corrected chi connectivity index (χ1v) is 9.15. The molecule has 0 bridgehead atoms. The van der Waals surface area contributed by atoms with Gasteiger partial charge in [0.1, 0.15) is 0 Å². The Hall–Kier alpha value is -3.77. The van der Waals surface area contributed by atoms with Crippen molar-refractivity contribution in [2.24, 2.45) is 0 Å². The van der Waals surface area contributed by atoms with Crippen LogP contribution in [0, 0.1) is 0 Å². The Kier molecular flexibility index (Phi) is 5.18. The summed E-state index contributed by atoms with van der Waals surface area (Å²) >= 11 is 0. The van der Waals surface area contributed by atoms with Crippen LogP contribution >= 0.6 is 0 Å². The summed E-state index contributed by atoms with van der Waals surface area (Å²) in [5.74, 6) is -0.463. The van der Waals surface area contributed by atoms with Crippen LogP contribution in [-0.2, 0) is 4.84 Å². The first-order valence-electron chi connectivity index (χ1n) is 9.15. The molecule has 0 radical (unpaired) electrons. The van der Waals surface area contributed by atoms with Crippen LogP contribution in [0.1, 0.15) is 26.3 Å². The van der Waals surface area contributed by atoms with E-state index in [2.05, 4.69) is 10.5 Å². The van der Waals surface area contributed by atoms with Gasteiger partial charge in [-0.05, 0) is 24.3 Å². The lowest BCUT2D eigenvalue weighted by Crippen LogP contribution is -2.40. The number of amides is 1. The first kappa shape index (κ1) is 18.6. The molecule has 1 aliphatic heterocycles. The van der Waals surface area contributed by atoms with Crippen LogP contribution in [0.5, 0.6) is 0 Å². The van der Waals surface area contributed by atoms with Crippen molar-refractivity contribution in [1.29, 1.82) is 0 Å². The van der Waals surface area contributed by atoms with Crippen molar-refractivity contribution in [2.45, 2.75) is 6.23 Å². The molecule has 0 fully saturated rings. The third-order valence-corrected chi connectivity index (χ3v) is 4.71. The zero-order valence-electron chi connectivity index (χ0n) is 15.8. The summed E-state index contributed by atoms with van der Waals surface area (Å²) in [6, 6.07) is 21.4. The second-order valence-corrected chi connectivity index (χ2v) is 6.58. The molecule has 4 rings (SSSR count). The Labute approximate surface area is 168 Å². The maximum absolute atomic E-state index is 13.4. The highest BCUT2D eigenvalue weighted by Gasteiger charge is 2.38. The minimum atomic E-state index is -0.884. The van der Waals surface area contributed by atoms with Crippen LogP contribution in [0.2, 0.25) is 0 Å². The number of carbonyl (C=O) groups is 2. The number of likely N-dealkylation sites (N-methyl/N-ethyl adjacent to an activating group) is 1. The second-order valence-electron chi connectivity index (χ2n) is 6.58. The zero-order valence-corrected chi connectivity index (χ0v) is 15.8. The number of nitrogens with zero attached hydrogens (tertiary/aromatic N) is 2. The van der Waals surface area contributed by atoms with Gasteiger partial charge in [-0.15, -0.1) is 0 Å². The molecule has 0 saturated heterocycles. The SMILES string of the molecule is CN(C(=O)c1ccccc1)C1ONC(c2cccnc2)=C1C(=O)c1ccccc1. The molecule has 1 atom stereocenters. The van der Waals surface area contributed by atoms with E-state index in [1.807, 2.05) is 18.2 Å². The van der Waals surface area contributed by atoms with Crippen molar-refractivity contribution in [2.75, 3.05) is 7.05 Å². The number of benzene rings is 2. The number of carbonyl (C=O) groups excluding carboxylic acids is 2. The van der Waals surface area contributed by atoms with E-state index in [0.717, 1.165) is 0 Å². The molecule has 6 heteroatoms. The summed E-state index contributed by atoms with van der Waals surface area (Å²) in [6.45, 7) is 0. The summed E-state index contributed by atoms with van der Waals surface area (Å²) in [4.78, 5) is 37.6. The molecule has 2 heterocycles. The van der Waals surface area contributed by atoms with E-state index in [1.165, 1.54) is 4.90 Å². The van der Waals surface area contributed by atoms with E-state index in [-0.39, 0.29) is 11.7 Å². The maximum atomic E-state index is 13.4. The summed E-state index contributed by atoms with van der Waals surface area (Å²) in [5.41, 5.74) is 5.43. The summed E-state index contributed by atoms with van der Waals surface area (Å²) < 4.78 is 0. The lowest BCUT2D eigenvalue weighted by molar-refractivity contribution is -0.0307. The average Bonchev–Trinajstić information content (AvgIpc) is 3.24. The van der Waals surface area contributed by atoms with Gasteiger partial charge in [0.05, 0.1) is 11.3 Å². The highest BCUT2D eigenvalue weighted by molar-refractivity contribution is 6.14. The van der Waals surface area contributed by atoms with Gasteiger partial charge in [0.25, 0.3) is 5.91 Å². The van der Waals surface area contributed by atoms with Crippen LogP contribution in [0.15, 0.2) is 90.8 Å². The van der Waals surface area contributed by atoms with Gasteiger partial charge in [-0.3, -0.25) is 20.1 Å². The predicted molar refractivity (Wildman–Crippen MR) is 108 cm³/mol. The molecule has 1 N–H and O–H groups in total. The molecule has 1 aromatic heterocycles. The molecular weight excluding hydrogens is 366 g/mol. The predicted octanol–water partition coefficient (Wildman–Crippen LogP) is 3.31. The number of hydroxylamine groups is 1. The molecule has 6 nitrogen and oxygen atoms in total. The molecule has 144 valence electrons. The van der Waals surface area contributed by atoms with Gasteiger partial charge >= 0.3 is 0 Å². The molecule has 1 aliphatic rings. The van der Waals surface area contributed by atoms with Gasteiger partial charge in [-0.2, -0.15) is 0 Å². The maximum Gasteiger partial charge on any atom is 0.255 e. The largest absolute Gasteiger partial charge is 0.310 e. The Balaban J connectivity index is 1.76. The molecule has 1 amide bonds. The lowest BCUT2D eigenvalue weighted by atomic mass is 9.97. The number of Topliss-reactive ketones (excluding diaryl/α,β-unsaturated/α-hetero) is 1. The number of hydrogen-bond acceptors (Lipinski definition) is 5. The van der Waals surface area contributed by atoms with Gasteiger partial charge in [0, 0.05) is 36.1 Å². The highest BCUT2D eigenvalue weighted by atomic mass is 16.7. The quantitative estimate of drug-likeness (QED) is 0.683. The van der Waals surface area contributed by atoms with E-state index >= 15 is 0 Å². The van der Waals surface area contributed by atoms with E-state index in [1.54, 1.807) is 74.0 Å². The molecule has 2 aromatic carbocycles. The molecule has 0 spiro atoms. The van der Waals surface area contributed by atoms with Crippen LogP contribution < -0.4 is 5.48 Å². The monoisotopic (exact) mass is 385 g/mol. The van der Waals surface area contributed by atoms with Crippen LogP contribution in [0.25, 0.3) is 5.70 Å². The number of ketones is 1. The van der Waals surface area contributed by atoms with Crippen molar-refractivity contribution >= 4 is 17.4 Å². The van der Waals surface area contributed by atoms with Crippen LogP contribution in [-0.4, -0.2) is 34.8 Å². The Morgan fingerprint density at radius 1 is 0.931 bits per heavy atom. The van der Waals surface area contributed by atoms with Gasteiger partial charge in [0.2, 0.25) is 0 Å². The first-order chi connectivity index (χ1) is 14.2. The number of hydrogen-bond donors (Lipinski definition) is 1. The van der Waals surface area contributed by atoms with Crippen molar-refractivity contribution < 1.29 is 14.4 Å².